The maximum Gasteiger partial charge on any atom is 0.0991 e. The molecular formula is C7H13NO3. The molecule has 0 rings (SSSR count). The summed E-state index contributed by atoms with van der Waals surface area (Å²) in [4.78, 5) is 0. The highest BCUT2D eigenvalue weighted by Gasteiger charge is 2.00. The largest absolute Gasteiger partial charge is 0.411 e. The van der Waals surface area contributed by atoms with Gasteiger partial charge in [-0.2, -0.15) is 0 Å². The fraction of sp³-hybridized carbons (Fsp3) is 0.571. The summed E-state index contributed by atoms with van der Waals surface area (Å²) in [5.74, 6) is 0. The fourth-order valence-corrected chi connectivity index (χ4v) is 0.548. The van der Waals surface area contributed by atoms with Crippen LogP contribution < -0.4 is 0 Å². The Morgan fingerprint density at radius 2 is 2.45 bits per heavy atom. The van der Waals surface area contributed by atoms with Gasteiger partial charge in [-0.05, 0) is 0 Å². The second kappa shape index (κ2) is 7.24. The monoisotopic (exact) mass is 159 g/mol. The van der Waals surface area contributed by atoms with Crippen molar-refractivity contribution in [1.82, 2.24) is 0 Å². The van der Waals surface area contributed by atoms with Crippen LogP contribution in [0.5, 0.6) is 0 Å². The summed E-state index contributed by atoms with van der Waals surface area (Å²) in [5, 5.41) is 10.8. The second-order valence-electron chi connectivity index (χ2n) is 1.86. The molecule has 0 unspecified atom stereocenters. The summed E-state index contributed by atoms with van der Waals surface area (Å²) in [5.41, 5.74) is 0. The van der Waals surface area contributed by atoms with Gasteiger partial charge < -0.3 is 14.7 Å². The van der Waals surface area contributed by atoms with E-state index in [1.807, 2.05) is 0 Å². The maximum atomic E-state index is 8.01. The van der Waals surface area contributed by atoms with Gasteiger partial charge in [-0.15, -0.1) is 6.58 Å². The molecule has 0 aliphatic carbocycles. The molecule has 4 heteroatoms. The van der Waals surface area contributed by atoms with Gasteiger partial charge in [0.2, 0.25) is 0 Å². The highest BCUT2D eigenvalue weighted by Crippen LogP contribution is 1.92. The summed E-state index contributed by atoms with van der Waals surface area (Å²) in [7, 11) is 1.58. The Hall–Kier alpha value is -0.870. The van der Waals surface area contributed by atoms with Gasteiger partial charge in [0.25, 0.3) is 0 Å². The van der Waals surface area contributed by atoms with E-state index >= 15 is 0 Å². The molecule has 1 atom stereocenters. The SMILES string of the molecule is C=C[C@@H](COC)OC/C=N/O. The predicted molar refractivity (Wildman–Crippen MR) is 42.1 cm³/mol. The van der Waals surface area contributed by atoms with Crippen molar-refractivity contribution in [3.63, 3.8) is 0 Å². The van der Waals surface area contributed by atoms with Crippen LogP contribution in [0.4, 0.5) is 0 Å². The number of oxime groups is 1. The number of ether oxygens (including phenoxy) is 2. The van der Waals surface area contributed by atoms with Crippen LogP contribution in [-0.4, -0.2) is 37.8 Å². The third-order valence-corrected chi connectivity index (χ3v) is 1.06. The second-order valence-corrected chi connectivity index (χ2v) is 1.86. The van der Waals surface area contributed by atoms with Crippen molar-refractivity contribution in [3.05, 3.63) is 12.7 Å². The van der Waals surface area contributed by atoms with Crippen molar-refractivity contribution in [3.8, 4) is 0 Å². The first-order valence-corrected chi connectivity index (χ1v) is 3.24. The molecule has 0 spiro atoms. The van der Waals surface area contributed by atoms with E-state index in [1.165, 1.54) is 6.21 Å². The summed E-state index contributed by atoms with van der Waals surface area (Å²) >= 11 is 0. The first-order chi connectivity index (χ1) is 5.35. The van der Waals surface area contributed by atoms with Crippen LogP contribution in [0.3, 0.4) is 0 Å². The van der Waals surface area contributed by atoms with Gasteiger partial charge in [-0.1, -0.05) is 11.2 Å². The molecule has 0 saturated carbocycles. The van der Waals surface area contributed by atoms with E-state index in [0.717, 1.165) is 0 Å². The number of hydrogen-bond acceptors (Lipinski definition) is 4. The third-order valence-electron chi connectivity index (χ3n) is 1.06. The maximum absolute atomic E-state index is 8.01. The number of methoxy groups -OCH3 is 1. The molecule has 0 aromatic heterocycles. The van der Waals surface area contributed by atoms with Gasteiger partial charge in [0.15, 0.2) is 0 Å². The number of nitrogens with zero attached hydrogens (tertiary/aromatic N) is 1. The molecule has 0 aliphatic heterocycles. The average molecular weight is 159 g/mol. The van der Waals surface area contributed by atoms with E-state index in [2.05, 4.69) is 11.7 Å². The molecule has 0 aromatic rings. The lowest BCUT2D eigenvalue weighted by Gasteiger charge is -2.09. The minimum Gasteiger partial charge on any atom is -0.411 e. The van der Waals surface area contributed by atoms with Crippen molar-refractivity contribution < 1.29 is 14.7 Å². The Morgan fingerprint density at radius 3 is 2.91 bits per heavy atom. The lowest BCUT2D eigenvalue weighted by molar-refractivity contribution is 0.0450. The fourth-order valence-electron chi connectivity index (χ4n) is 0.548. The van der Waals surface area contributed by atoms with Gasteiger partial charge in [0.05, 0.1) is 25.5 Å². The minimum atomic E-state index is -0.141. The Labute approximate surface area is 66.1 Å². The molecule has 1 N–H and O–H groups in total. The van der Waals surface area contributed by atoms with Gasteiger partial charge in [-0.3, -0.25) is 0 Å². The van der Waals surface area contributed by atoms with Crippen molar-refractivity contribution in [1.29, 1.82) is 0 Å². The predicted octanol–water partition coefficient (Wildman–Crippen LogP) is 0.664. The van der Waals surface area contributed by atoms with Crippen LogP contribution in [-0.2, 0) is 9.47 Å². The molecular weight excluding hydrogens is 146 g/mol. The van der Waals surface area contributed by atoms with Crippen molar-refractivity contribution >= 4 is 6.21 Å². The van der Waals surface area contributed by atoms with Crippen LogP contribution in [0, 0.1) is 0 Å². The van der Waals surface area contributed by atoms with E-state index < -0.39 is 0 Å². The molecule has 0 bridgehead atoms. The quantitative estimate of drug-likeness (QED) is 0.268. The molecule has 0 fully saturated rings. The summed E-state index contributed by atoms with van der Waals surface area (Å²) in [6, 6.07) is 0. The van der Waals surface area contributed by atoms with Gasteiger partial charge >= 0.3 is 0 Å². The normalized spacial score (nSPS) is 13.5. The molecule has 0 saturated heterocycles. The summed E-state index contributed by atoms with van der Waals surface area (Å²) in [6.07, 6.45) is 2.75. The van der Waals surface area contributed by atoms with Crippen molar-refractivity contribution in [2.45, 2.75) is 6.10 Å². The molecule has 0 aromatic carbocycles. The van der Waals surface area contributed by atoms with Gasteiger partial charge in [-0.25, -0.2) is 0 Å². The zero-order chi connectivity index (χ0) is 8.53. The van der Waals surface area contributed by atoms with E-state index in [0.29, 0.717) is 6.61 Å². The summed E-state index contributed by atoms with van der Waals surface area (Å²) in [6.45, 7) is 4.27. The Morgan fingerprint density at radius 1 is 1.73 bits per heavy atom. The molecule has 64 valence electrons. The molecule has 0 radical (unpaired) electrons. The smallest absolute Gasteiger partial charge is 0.0991 e. The number of rotatable bonds is 6. The third kappa shape index (κ3) is 5.57. The van der Waals surface area contributed by atoms with E-state index in [4.69, 9.17) is 14.7 Å². The van der Waals surface area contributed by atoms with E-state index in [9.17, 15) is 0 Å². The highest BCUT2D eigenvalue weighted by atomic mass is 16.5. The lowest BCUT2D eigenvalue weighted by Crippen LogP contribution is -2.17. The molecule has 11 heavy (non-hydrogen) atoms. The van der Waals surface area contributed by atoms with Crippen molar-refractivity contribution in [2.24, 2.45) is 5.16 Å². The Bertz CT molecular complexity index is 125. The molecule has 0 aliphatic rings. The van der Waals surface area contributed by atoms with Crippen LogP contribution >= 0.6 is 0 Å². The van der Waals surface area contributed by atoms with Crippen LogP contribution in [0.1, 0.15) is 0 Å². The minimum absolute atomic E-state index is 0.141. The molecule has 0 amide bonds. The standard InChI is InChI=1S/C7H13NO3/c1-3-7(6-10-2)11-5-4-8-9/h3-4,7,9H,1,5-6H2,2H3/b8-4+/t7-/m0/s1. The zero-order valence-corrected chi connectivity index (χ0v) is 6.56. The van der Waals surface area contributed by atoms with Crippen molar-refractivity contribution in [2.75, 3.05) is 20.3 Å². The van der Waals surface area contributed by atoms with E-state index in [1.54, 1.807) is 13.2 Å². The zero-order valence-electron chi connectivity index (χ0n) is 6.56. The first-order valence-electron chi connectivity index (χ1n) is 3.24. The van der Waals surface area contributed by atoms with Crippen LogP contribution in [0.15, 0.2) is 17.8 Å². The topological polar surface area (TPSA) is 51.0 Å². The molecule has 4 nitrogen and oxygen atoms in total. The lowest BCUT2D eigenvalue weighted by atomic mass is 10.4. The molecule has 0 heterocycles. The van der Waals surface area contributed by atoms with Gasteiger partial charge in [0, 0.05) is 7.11 Å². The first kappa shape index (κ1) is 10.1. The average Bonchev–Trinajstić information content (AvgIpc) is 2.03. The van der Waals surface area contributed by atoms with Crippen LogP contribution in [0.2, 0.25) is 0 Å². The summed E-state index contributed by atoms with van der Waals surface area (Å²) < 4.78 is 9.94. The Kier molecular flexibility index (Phi) is 6.67. The Balaban J connectivity index is 3.43. The van der Waals surface area contributed by atoms with E-state index in [-0.39, 0.29) is 12.7 Å². The van der Waals surface area contributed by atoms with Gasteiger partial charge in [0.1, 0.15) is 0 Å². The van der Waals surface area contributed by atoms with Crippen LogP contribution in [0.25, 0.3) is 0 Å². The highest BCUT2D eigenvalue weighted by molar-refractivity contribution is 5.57. The number of hydrogen-bond donors (Lipinski definition) is 1.